The number of carbonyl (C=O) groups excluding carboxylic acids is 1. The average Bonchev–Trinajstić information content (AvgIpc) is 2.47. The van der Waals surface area contributed by atoms with Gasteiger partial charge in [-0.2, -0.15) is 0 Å². The fourth-order valence-corrected chi connectivity index (χ4v) is 2.59. The van der Waals surface area contributed by atoms with Crippen LogP contribution in [0.25, 0.3) is 0 Å². The van der Waals surface area contributed by atoms with Crippen molar-refractivity contribution in [2.24, 2.45) is 0 Å². The van der Waals surface area contributed by atoms with Gasteiger partial charge in [-0.05, 0) is 24.9 Å². The maximum atomic E-state index is 12.1. The summed E-state index contributed by atoms with van der Waals surface area (Å²) < 4.78 is 0. The molecule has 0 saturated carbocycles. The maximum absolute atomic E-state index is 12.1. The molecule has 1 amide bonds. The molecule has 1 heterocycles. The van der Waals surface area contributed by atoms with E-state index < -0.39 is 0 Å². The molecule has 1 saturated heterocycles. The summed E-state index contributed by atoms with van der Waals surface area (Å²) in [6.07, 6.45) is 2.69. The van der Waals surface area contributed by atoms with Crippen LogP contribution in [0.4, 0.5) is 0 Å². The number of benzene rings is 1. The topological polar surface area (TPSA) is 23.6 Å². The number of aryl methyl sites for hydroxylation is 1. The van der Waals surface area contributed by atoms with E-state index in [0.29, 0.717) is 12.3 Å². The predicted octanol–water partition coefficient (Wildman–Crippen LogP) is 2.17. The molecule has 0 atom stereocenters. The Morgan fingerprint density at radius 3 is 2.42 bits per heavy atom. The summed E-state index contributed by atoms with van der Waals surface area (Å²) in [4.78, 5) is 16.6. The van der Waals surface area contributed by atoms with E-state index in [-0.39, 0.29) is 0 Å². The SMILES string of the molecule is CCCN1CCN(C(=O)CCc2ccccc2)CC1. The quantitative estimate of drug-likeness (QED) is 0.810. The van der Waals surface area contributed by atoms with Gasteiger partial charge in [-0.15, -0.1) is 0 Å². The molecule has 0 radical (unpaired) electrons. The van der Waals surface area contributed by atoms with Gasteiger partial charge in [0.05, 0.1) is 0 Å². The molecule has 3 heteroatoms. The van der Waals surface area contributed by atoms with Crippen LogP contribution in [0.15, 0.2) is 30.3 Å². The van der Waals surface area contributed by atoms with Crippen molar-refractivity contribution < 1.29 is 4.79 Å². The van der Waals surface area contributed by atoms with Crippen LogP contribution in [0.3, 0.4) is 0 Å². The van der Waals surface area contributed by atoms with E-state index >= 15 is 0 Å². The first-order valence-electron chi connectivity index (χ1n) is 7.33. The highest BCUT2D eigenvalue weighted by atomic mass is 16.2. The number of hydrogen-bond acceptors (Lipinski definition) is 2. The van der Waals surface area contributed by atoms with Gasteiger partial charge in [0.25, 0.3) is 0 Å². The normalized spacial score (nSPS) is 16.6. The van der Waals surface area contributed by atoms with Gasteiger partial charge in [-0.1, -0.05) is 37.3 Å². The zero-order valence-corrected chi connectivity index (χ0v) is 11.8. The van der Waals surface area contributed by atoms with Crippen LogP contribution in [-0.2, 0) is 11.2 Å². The first-order chi connectivity index (χ1) is 9.29. The van der Waals surface area contributed by atoms with Crippen LogP contribution >= 0.6 is 0 Å². The Balaban J connectivity index is 1.73. The molecule has 0 N–H and O–H groups in total. The summed E-state index contributed by atoms with van der Waals surface area (Å²) in [6.45, 7) is 7.22. The molecule has 0 spiro atoms. The third kappa shape index (κ3) is 4.35. The summed E-state index contributed by atoms with van der Waals surface area (Å²) in [5.41, 5.74) is 1.25. The second kappa shape index (κ2) is 7.29. The zero-order valence-electron chi connectivity index (χ0n) is 11.8. The number of rotatable bonds is 5. The molecule has 104 valence electrons. The standard InChI is InChI=1S/C16H24N2O/c1-2-10-17-11-13-18(14-12-17)16(19)9-8-15-6-4-3-5-7-15/h3-7H,2,8-14H2,1H3. The third-order valence-electron chi connectivity index (χ3n) is 3.74. The lowest BCUT2D eigenvalue weighted by Crippen LogP contribution is -2.48. The molecule has 2 rings (SSSR count). The van der Waals surface area contributed by atoms with Gasteiger partial charge in [0.2, 0.25) is 5.91 Å². The minimum Gasteiger partial charge on any atom is -0.340 e. The fraction of sp³-hybridized carbons (Fsp3) is 0.562. The van der Waals surface area contributed by atoms with Crippen LogP contribution in [0, 0.1) is 0 Å². The van der Waals surface area contributed by atoms with Crippen molar-refractivity contribution in [3.63, 3.8) is 0 Å². The van der Waals surface area contributed by atoms with Crippen LogP contribution in [0.5, 0.6) is 0 Å². The lowest BCUT2D eigenvalue weighted by Gasteiger charge is -2.34. The smallest absolute Gasteiger partial charge is 0.222 e. The Kier molecular flexibility index (Phi) is 5.40. The molecular formula is C16H24N2O. The van der Waals surface area contributed by atoms with E-state index in [4.69, 9.17) is 0 Å². The molecule has 0 aromatic heterocycles. The lowest BCUT2D eigenvalue weighted by atomic mass is 10.1. The van der Waals surface area contributed by atoms with Gasteiger partial charge in [-0.3, -0.25) is 9.69 Å². The van der Waals surface area contributed by atoms with Crippen molar-refractivity contribution in [2.75, 3.05) is 32.7 Å². The summed E-state index contributed by atoms with van der Waals surface area (Å²) >= 11 is 0. The zero-order chi connectivity index (χ0) is 13.5. The summed E-state index contributed by atoms with van der Waals surface area (Å²) in [7, 11) is 0. The minimum atomic E-state index is 0.306. The average molecular weight is 260 g/mol. The lowest BCUT2D eigenvalue weighted by molar-refractivity contribution is -0.132. The van der Waals surface area contributed by atoms with E-state index in [0.717, 1.165) is 39.1 Å². The Labute approximate surface area is 116 Å². The second-order valence-electron chi connectivity index (χ2n) is 5.21. The predicted molar refractivity (Wildman–Crippen MR) is 78.1 cm³/mol. The van der Waals surface area contributed by atoms with Crippen molar-refractivity contribution in [1.82, 2.24) is 9.80 Å². The third-order valence-corrected chi connectivity index (χ3v) is 3.74. The van der Waals surface area contributed by atoms with Crippen molar-refractivity contribution in [2.45, 2.75) is 26.2 Å². The molecule has 1 fully saturated rings. The molecule has 0 aliphatic carbocycles. The molecule has 19 heavy (non-hydrogen) atoms. The van der Waals surface area contributed by atoms with E-state index in [1.165, 1.54) is 12.0 Å². The Bertz CT molecular complexity index is 383. The van der Waals surface area contributed by atoms with Crippen molar-refractivity contribution in [3.8, 4) is 0 Å². The van der Waals surface area contributed by atoms with Gasteiger partial charge in [-0.25, -0.2) is 0 Å². The van der Waals surface area contributed by atoms with Gasteiger partial charge in [0.15, 0.2) is 0 Å². The molecule has 0 unspecified atom stereocenters. The van der Waals surface area contributed by atoms with Gasteiger partial charge >= 0.3 is 0 Å². The fourth-order valence-electron chi connectivity index (χ4n) is 2.59. The van der Waals surface area contributed by atoms with Gasteiger partial charge < -0.3 is 4.90 Å². The van der Waals surface area contributed by atoms with E-state index in [9.17, 15) is 4.79 Å². The number of amides is 1. The van der Waals surface area contributed by atoms with Gasteiger partial charge in [0, 0.05) is 32.6 Å². The first kappa shape index (κ1) is 14.1. The number of hydrogen-bond donors (Lipinski definition) is 0. The molecule has 1 aromatic carbocycles. The van der Waals surface area contributed by atoms with E-state index in [1.807, 2.05) is 23.1 Å². The van der Waals surface area contributed by atoms with Gasteiger partial charge in [0.1, 0.15) is 0 Å². The molecule has 1 aromatic rings. The molecule has 3 nitrogen and oxygen atoms in total. The Morgan fingerprint density at radius 1 is 1.11 bits per heavy atom. The van der Waals surface area contributed by atoms with Crippen LogP contribution in [0.2, 0.25) is 0 Å². The van der Waals surface area contributed by atoms with Crippen molar-refractivity contribution in [3.05, 3.63) is 35.9 Å². The first-order valence-corrected chi connectivity index (χ1v) is 7.33. The number of piperazine rings is 1. The molecule has 1 aliphatic heterocycles. The Morgan fingerprint density at radius 2 is 1.79 bits per heavy atom. The number of carbonyl (C=O) groups is 1. The maximum Gasteiger partial charge on any atom is 0.222 e. The minimum absolute atomic E-state index is 0.306. The molecule has 0 bridgehead atoms. The summed E-state index contributed by atoms with van der Waals surface area (Å²) in [6, 6.07) is 10.3. The van der Waals surface area contributed by atoms with Crippen LogP contribution in [-0.4, -0.2) is 48.4 Å². The number of nitrogens with zero attached hydrogens (tertiary/aromatic N) is 2. The van der Waals surface area contributed by atoms with E-state index in [1.54, 1.807) is 0 Å². The molecule has 1 aliphatic rings. The van der Waals surface area contributed by atoms with E-state index in [2.05, 4.69) is 24.0 Å². The summed E-state index contributed by atoms with van der Waals surface area (Å²) in [5.74, 6) is 0.306. The Hall–Kier alpha value is -1.35. The van der Waals surface area contributed by atoms with Crippen molar-refractivity contribution >= 4 is 5.91 Å². The highest BCUT2D eigenvalue weighted by Crippen LogP contribution is 2.08. The van der Waals surface area contributed by atoms with Crippen molar-refractivity contribution in [1.29, 1.82) is 0 Å². The van der Waals surface area contributed by atoms with Crippen LogP contribution in [0.1, 0.15) is 25.3 Å². The largest absolute Gasteiger partial charge is 0.340 e. The molecular weight excluding hydrogens is 236 g/mol. The van der Waals surface area contributed by atoms with Crippen LogP contribution < -0.4 is 0 Å². The monoisotopic (exact) mass is 260 g/mol. The highest BCUT2D eigenvalue weighted by Gasteiger charge is 2.19. The highest BCUT2D eigenvalue weighted by molar-refractivity contribution is 5.76. The second-order valence-corrected chi connectivity index (χ2v) is 5.21. The summed E-state index contributed by atoms with van der Waals surface area (Å²) in [5, 5.41) is 0.